The van der Waals surface area contributed by atoms with Crippen LogP contribution in [0.3, 0.4) is 0 Å². The van der Waals surface area contributed by atoms with Gasteiger partial charge in [0.05, 0.1) is 11.4 Å². The summed E-state index contributed by atoms with van der Waals surface area (Å²) in [7, 11) is 0. The van der Waals surface area contributed by atoms with Gasteiger partial charge in [-0.15, -0.1) is 10.2 Å². The second-order valence-corrected chi connectivity index (χ2v) is 4.10. The number of para-hydroxylation sites is 1. The number of rotatable bonds is 1. The fourth-order valence-corrected chi connectivity index (χ4v) is 2.04. The molecule has 92 valence electrons. The van der Waals surface area contributed by atoms with Crippen molar-refractivity contribution < 1.29 is 0 Å². The Morgan fingerprint density at radius 1 is 1.00 bits per heavy atom. The number of tetrazole rings is 1. The Bertz CT molecular complexity index is 876. The summed E-state index contributed by atoms with van der Waals surface area (Å²) in [4.78, 5) is 0. The SMILES string of the molecule is Cc1nn(-c2ccccc2)c2c1nnc1nnnn12. The van der Waals surface area contributed by atoms with Gasteiger partial charge in [-0.2, -0.15) is 9.61 Å². The van der Waals surface area contributed by atoms with E-state index < -0.39 is 0 Å². The monoisotopic (exact) mass is 252 g/mol. The van der Waals surface area contributed by atoms with Gasteiger partial charge >= 0.3 is 0 Å². The van der Waals surface area contributed by atoms with Gasteiger partial charge in [0.1, 0.15) is 0 Å². The van der Waals surface area contributed by atoms with Gasteiger partial charge in [0.25, 0.3) is 5.78 Å². The fraction of sp³-hybridized carbons (Fsp3) is 0.0909. The highest BCUT2D eigenvalue weighted by Crippen LogP contribution is 2.18. The molecule has 0 atom stereocenters. The van der Waals surface area contributed by atoms with Crippen molar-refractivity contribution in [1.29, 1.82) is 0 Å². The molecule has 0 unspecified atom stereocenters. The zero-order chi connectivity index (χ0) is 12.8. The lowest BCUT2D eigenvalue weighted by Crippen LogP contribution is -2.03. The van der Waals surface area contributed by atoms with Crippen molar-refractivity contribution >= 4 is 16.9 Å². The van der Waals surface area contributed by atoms with E-state index in [-0.39, 0.29) is 0 Å². The van der Waals surface area contributed by atoms with Crippen LogP contribution in [0.1, 0.15) is 5.69 Å². The second-order valence-electron chi connectivity index (χ2n) is 4.10. The highest BCUT2D eigenvalue weighted by molar-refractivity contribution is 5.76. The lowest BCUT2D eigenvalue weighted by atomic mass is 10.3. The molecule has 0 aliphatic rings. The van der Waals surface area contributed by atoms with Gasteiger partial charge in [-0.1, -0.05) is 23.3 Å². The first-order chi connectivity index (χ1) is 9.34. The molecule has 4 rings (SSSR count). The third-order valence-corrected chi connectivity index (χ3v) is 2.90. The van der Waals surface area contributed by atoms with Crippen LogP contribution in [-0.2, 0) is 0 Å². The van der Waals surface area contributed by atoms with Crippen LogP contribution in [0.15, 0.2) is 30.3 Å². The van der Waals surface area contributed by atoms with Crippen molar-refractivity contribution in [2.24, 2.45) is 0 Å². The van der Waals surface area contributed by atoms with Gasteiger partial charge in [-0.05, 0) is 29.5 Å². The van der Waals surface area contributed by atoms with Gasteiger partial charge < -0.3 is 0 Å². The van der Waals surface area contributed by atoms with Crippen LogP contribution in [0.4, 0.5) is 0 Å². The fourth-order valence-electron chi connectivity index (χ4n) is 2.04. The molecule has 0 aliphatic heterocycles. The molecule has 3 heterocycles. The number of fused-ring (bicyclic) bond motifs is 3. The van der Waals surface area contributed by atoms with E-state index in [1.807, 2.05) is 37.3 Å². The molecule has 19 heavy (non-hydrogen) atoms. The van der Waals surface area contributed by atoms with Crippen molar-refractivity contribution in [2.45, 2.75) is 6.92 Å². The number of hydrogen-bond donors (Lipinski definition) is 0. The maximum Gasteiger partial charge on any atom is 0.294 e. The molecule has 0 amide bonds. The summed E-state index contributed by atoms with van der Waals surface area (Å²) in [5, 5.41) is 23.9. The van der Waals surface area contributed by atoms with E-state index in [0.29, 0.717) is 16.9 Å². The summed E-state index contributed by atoms with van der Waals surface area (Å²) in [5.74, 6) is 0.351. The highest BCUT2D eigenvalue weighted by Gasteiger charge is 2.16. The predicted molar refractivity (Wildman–Crippen MR) is 65.7 cm³/mol. The number of hydrogen-bond acceptors (Lipinski definition) is 6. The Balaban J connectivity index is 2.19. The van der Waals surface area contributed by atoms with Crippen molar-refractivity contribution in [1.82, 2.24) is 40.0 Å². The van der Waals surface area contributed by atoms with Crippen molar-refractivity contribution in [3.63, 3.8) is 0 Å². The van der Waals surface area contributed by atoms with Gasteiger partial charge in [0.2, 0.25) is 0 Å². The largest absolute Gasteiger partial charge is 0.294 e. The number of nitrogens with zero attached hydrogens (tertiary/aromatic N) is 8. The molecule has 1 aromatic carbocycles. The van der Waals surface area contributed by atoms with Crippen LogP contribution in [0.2, 0.25) is 0 Å². The quantitative estimate of drug-likeness (QED) is 0.492. The first-order valence-corrected chi connectivity index (χ1v) is 5.70. The first kappa shape index (κ1) is 10.1. The minimum atomic E-state index is 0.351. The third-order valence-electron chi connectivity index (χ3n) is 2.90. The Morgan fingerprint density at radius 3 is 2.68 bits per heavy atom. The van der Waals surface area contributed by atoms with Crippen molar-refractivity contribution in [3.8, 4) is 5.69 Å². The molecule has 0 saturated heterocycles. The summed E-state index contributed by atoms with van der Waals surface area (Å²) < 4.78 is 3.30. The summed E-state index contributed by atoms with van der Waals surface area (Å²) >= 11 is 0. The summed E-state index contributed by atoms with van der Waals surface area (Å²) in [5.41, 5.74) is 3.09. The molecule has 0 bridgehead atoms. The summed E-state index contributed by atoms with van der Waals surface area (Å²) in [6, 6.07) is 9.77. The Labute approximate surface area is 106 Å². The summed E-state index contributed by atoms with van der Waals surface area (Å²) in [6.07, 6.45) is 0. The van der Waals surface area contributed by atoms with Crippen LogP contribution < -0.4 is 0 Å². The van der Waals surface area contributed by atoms with Gasteiger partial charge in [0, 0.05) is 0 Å². The van der Waals surface area contributed by atoms with Crippen LogP contribution in [0.25, 0.3) is 22.6 Å². The predicted octanol–water partition coefficient (Wildman–Crippen LogP) is 0.562. The minimum Gasteiger partial charge on any atom is -0.213 e. The van der Waals surface area contributed by atoms with E-state index in [0.717, 1.165) is 11.4 Å². The van der Waals surface area contributed by atoms with E-state index in [9.17, 15) is 0 Å². The lowest BCUT2D eigenvalue weighted by Gasteiger charge is -2.02. The molecule has 4 aromatic rings. The normalized spacial score (nSPS) is 11.4. The van der Waals surface area contributed by atoms with E-state index in [1.54, 1.807) is 4.68 Å². The molecule has 8 heteroatoms. The lowest BCUT2D eigenvalue weighted by molar-refractivity contribution is 0.798. The summed E-state index contributed by atoms with van der Waals surface area (Å²) in [6.45, 7) is 1.88. The Morgan fingerprint density at radius 2 is 1.84 bits per heavy atom. The smallest absolute Gasteiger partial charge is 0.213 e. The molecule has 0 spiro atoms. The third kappa shape index (κ3) is 1.33. The molecule has 8 nitrogen and oxygen atoms in total. The zero-order valence-electron chi connectivity index (χ0n) is 9.96. The van der Waals surface area contributed by atoms with Crippen LogP contribution in [-0.4, -0.2) is 40.0 Å². The number of benzene rings is 1. The molecule has 0 radical (unpaired) electrons. The average Bonchev–Trinajstić information content (AvgIpc) is 3.04. The van der Waals surface area contributed by atoms with E-state index in [2.05, 4.69) is 30.8 Å². The van der Waals surface area contributed by atoms with Crippen molar-refractivity contribution in [2.75, 3.05) is 0 Å². The minimum absolute atomic E-state index is 0.351. The maximum absolute atomic E-state index is 4.49. The van der Waals surface area contributed by atoms with Gasteiger partial charge in [-0.3, -0.25) is 0 Å². The molecular weight excluding hydrogens is 244 g/mol. The second kappa shape index (κ2) is 3.55. The highest BCUT2D eigenvalue weighted by atomic mass is 15.6. The van der Waals surface area contributed by atoms with Crippen LogP contribution in [0, 0.1) is 6.92 Å². The maximum atomic E-state index is 4.49. The van der Waals surface area contributed by atoms with E-state index in [4.69, 9.17) is 0 Å². The zero-order valence-corrected chi connectivity index (χ0v) is 9.96. The molecular formula is C11H8N8. The Hall–Kier alpha value is -2.90. The van der Waals surface area contributed by atoms with Crippen LogP contribution >= 0.6 is 0 Å². The first-order valence-electron chi connectivity index (χ1n) is 5.70. The molecule has 0 aliphatic carbocycles. The number of aromatic nitrogens is 8. The van der Waals surface area contributed by atoms with E-state index in [1.165, 1.54) is 4.52 Å². The van der Waals surface area contributed by atoms with Crippen molar-refractivity contribution in [3.05, 3.63) is 36.0 Å². The van der Waals surface area contributed by atoms with Gasteiger partial charge in [0.15, 0.2) is 11.2 Å². The molecule has 0 fully saturated rings. The topological polar surface area (TPSA) is 86.7 Å². The standard InChI is InChI=1S/C11H8N8/c1-7-9-10(19-11(13-12-9)14-16-17-19)18(15-7)8-5-3-2-4-6-8/h2-6H,1H3. The van der Waals surface area contributed by atoms with Crippen LogP contribution in [0.5, 0.6) is 0 Å². The van der Waals surface area contributed by atoms with E-state index >= 15 is 0 Å². The Kier molecular flexibility index (Phi) is 1.88. The molecule has 3 aromatic heterocycles. The number of aryl methyl sites for hydroxylation is 1. The molecule has 0 N–H and O–H groups in total. The average molecular weight is 252 g/mol. The van der Waals surface area contributed by atoms with Gasteiger partial charge in [-0.25, -0.2) is 4.68 Å². The molecule has 0 saturated carbocycles.